The summed E-state index contributed by atoms with van der Waals surface area (Å²) in [5.41, 5.74) is 1.93. The van der Waals surface area contributed by atoms with Gasteiger partial charge in [-0.1, -0.05) is 5.21 Å². The Kier molecular flexibility index (Phi) is 3.51. The molecule has 7 heteroatoms. The molecule has 0 saturated carbocycles. The Bertz CT molecular complexity index is 443. The van der Waals surface area contributed by atoms with Crippen molar-refractivity contribution in [2.45, 2.75) is 12.5 Å². The van der Waals surface area contributed by atoms with Crippen molar-refractivity contribution in [3.05, 3.63) is 11.4 Å². The van der Waals surface area contributed by atoms with Gasteiger partial charge in [0.15, 0.2) is 0 Å². The topological polar surface area (TPSA) is 63.5 Å². The first kappa shape index (κ1) is 12.8. The molecule has 1 aromatic rings. The molecule has 7 nitrogen and oxygen atoms in total. The molecule has 0 aliphatic carbocycles. The number of amides is 2. The van der Waals surface area contributed by atoms with E-state index in [4.69, 9.17) is 4.74 Å². The van der Waals surface area contributed by atoms with E-state index in [1.165, 1.54) is 0 Å². The van der Waals surface area contributed by atoms with E-state index in [1.54, 1.807) is 35.7 Å². The third-order valence-electron chi connectivity index (χ3n) is 3.13. The Hall–Kier alpha value is -1.63. The van der Waals surface area contributed by atoms with E-state index in [-0.39, 0.29) is 11.9 Å². The van der Waals surface area contributed by atoms with Gasteiger partial charge in [-0.15, -0.1) is 5.10 Å². The molecular formula is C11H19N5O2. The zero-order valence-corrected chi connectivity index (χ0v) is 11.3. The molecule has 100 valence electrons. The highest BCUT2D eigenvalue weighted by molar-refractivity contribution is 5.74. The first-order valence-electron chi connectivity index (χ1n) is 5.88. The number of hydrogen-bond acceptors (Lipinski definition) is 4. The Morgan fingerprint density at radius 3 is 2.89 bits per heavy atom. The maximum atomic E-state index is 12.0. The van der Waals surface area contributed by atoms with Crippen molar-refractivity contribution in [3.8, 4) is 0 Å². The van der Waals surface area contributed by atoms with Crippen LogP contribution in [0.2, 0.25) is 0 Å². The summed E-state index contributed by atoms with van der Waals surface area (Å²) in [4.78, 5) is 15.4. The average Bonchev–Trinajstić information content (AvgIpc) is 2.70. The lowest BCUT2D eigenvalue weighted by Gasteiger charge is -2.33. The summed E-state index contributed by atoms with van der Waals surface area (Å²) in [5.74, 6) is 0.127. The van der Waals surface area contributed by atoms with Crippen LogP contribution in [0.4, 0.5) is 4.79 Å². The summed E-state index contributed by atoms with van der Waals surface area (Å²) in [6.45, 7) is 1.71. The van der Waals surface area contributed by atoms with Gasteiger partial charge in [0, 0.05) is 40.7 Å². The molecule has 0 bridgehead atoms. The van der Waals surface area contributed by atoms with Crippen molar-refractivity contribution in [2.75, 3.05) is 34.4 Å². The van der Waals surface area contributed by atoms with Crippen LogP contribution >= 0.6 is 0 Å². The molecule has 0 aromatic carbocycles. The van der Waals surface area contributed by atoms with Crippen LogP contribution in [-0.2, 0) is 18.3 Å². The van der Waals surface area contributed by atoms with Crippen LogP contribution in [0.15, 0.2) is 0 Å². The second kappa shape index (κ2) is 4.93. The van der Waals surface area contributed by atoms with E-state index >= 15 is 0 Å². The van der Waals surface area contributed by atoms with E-state index in [0.717, 1.165) is 11.4 Å². The highest BCUT2D eigenvalue weighted by Gasteiger charge is 2.32. The van der Waals surface area contributed by atoms with Gasteiger partial charge in [-0.25, -0.2) is 4.79 Å². The minimum Gasteiger partial charge on any atom is -0.384 e. The van der Waals surface area contributed by atoms with Crippen molar-refractivity contribution < 1.29 is 9.53 Å². The zero-order valence-electron chi connectivity index (χ0n) is 11.3. The van der Waals surface area contributed by atoms with Crippen molar-refractivity contribution in [1.29, 1.82) is 0 Å². The molecule has 2 heterocycles. The highest BCUT2D eigenvalue weighted by Crippen LogP contribution is 2.26. The van der Waals surface area contributed by atoms with Gasteiger partial charge in [-0.05, 0) is 0 Å². The number of nitrogens with zero attached hydrogens (tertiary/aromatic N) is 5. The lowest BCUT2D eigenvalue weighted by atomic mass is 9.99. The minimum absolute atomic E-state index is 0.00703. The number of carbonyl (C=O) groups excluding carboxylic acids is 1. The van der Waals surface area contributed by atoms with E-state index in [0.29, 0.717) is 19.7 Å². The Labute approximate surface area is 106 Å². The van der Waals surface area contributed by atoms with E-state index < -0.39 is 0 Å². The fourth-order valence-electron chi connectivity index (χ4n) is 2.38. The summed E-state index contributed by atoms with van der Waals surface area (Å²) in [5, 5.41) is 8.15. The largest absolute Gasteiger partial charge is 0.384 e. The number of methoxy groups -OCH3 is 1. The number of hydrogen-bond donors (Lipinski definition) is 0. The minimum atomic E-state index is -0.00703. The molecule has 0 radical (unpaired) electrons. The van der Waals surface area contributed by atoms with E-state index in [1.807, 2.05) is 7.05 Å². The number of rotatable bonds is 2. The summed E-state index contributed by atoms with van der Waals surface area (Å²) < 4.78 is 7.00. The Morgan fingerprint density at radius 1 is 1.56 bits per heavy atom. The second-order valence-electron chi connectivity index (χ2n) is 4.75. The van der Waals surface area contributed by atoms with Gasteiger partial charge >= 0.3 is 6.03 Å². The van der Waals surface area contributed by atoms with E-state index in [2.05, 4.69) is 10.3 Å². The maximum Gasteiger partial charge on any atom is 0.319 e. The van der Waals surface area contributed by atoms with Crippen LogP contribution < -0.4 is 0 Å². The number of carbonyl (C=O) groups is 1. The zero-order chi connectivity index (χ0) is 13.3. The first-order valence-corrected chi connectivity index (χ1v) is 5.88. The second-order valence-corrected chi connectivity index (χ2v) is 4.75. The molecule has 1 aromatic heterocycles. The van der Waals surface area contributed by atoms with Gasteiger partial charge in [0.2, 0.25) is 0 Å². The summed E-state index contributed by atoms with van der Waals surface area (Å²) in [6.07, 6.45) is 0. The number of aryl methyl sites for hydroxylation is 1. The van der Waals surface area contributed by atoms with Crippen LogP contribution in [0.3, 0.4) is 0 Å². The van der Waals surface area contributed by atoms with Gasteiger partial charge in [-0.2, -0.15) is 0 Å². The van der Waals surface area contributed by atoms with Gasteiger partial charge in [0.25, 0.3) is 0 Å². The number of ether oxygens (including phenoxy) is 1. The number of fused-ring (bicyclic) bond motifs is 1. The number of aromatic nitrogens is 3. The number of urea groups is 1. The molecule has 0 N–H and O–H groups in total. The van der Waals surface area contributed by atoms with Crippen molar-refractivity contribution in [1.82, 2.24) is 24.8 Å². The predicted octanol–water partition coefficient (Wildman–Crippen LogP) is 0.0423. The molecule has 2 amide bonds. The highest BCUT2D eigenvalue weighted by atomic mass is 16.5. The average molecular weight is 253 g/mol. The van der Waals surface area contributed by atoms with Crippen molar-refractivity contribution in [3.63, 3.8) is 0 Å². The maximum absolute atomic E-state index is 12.0. The third kappa shape index (κ3) is 2.17. The molecule has 1 aliphatic rings. The van der Waals surface area contributed by atoms with Crippen LogP contribution in [0.5, 0.6) is 0 Å². The van der Waals surface area contributed by atoms with Crippen LogP contribution in [0, 0.1) is 0 Å². The third-order valence-corrected chi connectivity index (χ3v) is 3.13. The van der Waals surface area contributed by atoms with Crippen LogP contribution in [-0.4, -0.2) is 65.2 Å². The SMILES string of the molecule is COC[C@@H]1CN(C(=O)N(C)C)Cc2nnn(C)c21. The molecule has 1 atom stereocenters. The first-order chi connectivity index (χ1) is 8.54. The quantitative estimate of drug-likeness (QED) is 0.746. The normalized spacial score (nSPS) is 18.7. The molecular weight excluding hydrogens is 234 g/mol. The van der Waals surface area contributed by atoms with Crippen LogP contribution in [0.1, 0.15) is 17.3 Å². The van der Waals surface area contributed by atoms with Gasteiger partial charge in [0.05, 0.1) is 18.8 Å². The molecule has 2 rings (SSSR count). The molecule has 0 unspecified atom stereocenters. The van der Waals surface area contributed by atoms with Crippen molar-refractivity contribution in [2.24, 2.45) is 7.05 Å². The fraction of sp³-hybridized carbons (Fsp3) is 0.727. The monoisotopic (exact) mass is 253 g/mol. The van der Waals surface area contributed by atoms with Gasteiger partial charge in [-0.3, -0.25) is 4.68 Å². The van der Waals surface area contributed by atoms with E-state index in [9.17, 15) is 4.79 Å². The van der Waals surface area contributed by atoms with Crippen LogP contribution in [0.25, 0.3) is 0 Å². The smallest absolute Gasteiger partial charge is 0.319 e. The fourth-order valence-corrected chi connectivity index (χ4v) is 2.38. The molecule has 0 fully saturated rings. The van der Waals surface area contributed by atoms with Crippen molar-refractivity contribution >= 4 is 6.03 Å². The summed E-state index contributed by atoms with van der Waals surface area (Å²) in [7, 11) is 7.04. The van der Waals surface area contributed by atoms with Gasteiger partial charge < -0.3 is 14.5 Å². The molecule has 18 heavy (non-hydrogen) atoms. The standard InChI is InChI=1S/C11H19N5O2/c1-14(2)11(17)16-5-8(7-18-4)10-9(6-16)12-13-15(10)3/h8H,5-7H2,1-4H3/t8-/m0/s1. The Balaban J connectivity index is 2.26. The lowest BCUT2D eigenvalue weighted by Crippen LogP contribution is -2.44. The molecule has 0 spiro atoms. The predicted molar refractivity (Wildman–Crippen MR) is 65.1 cm³/mol. The Morgan fingerprint density at radius 2 is 2.28 bits per heavy atom. The molecule has 0 saturated heterocycles. The lowest BCUT2D eigenvalue weighted by molar-refractivity contribution is 0.128. The summed E-state index contributed by atoms with van der Waals surface area (Å²) in [6, 6.07) is -0.00703. The summed E-state index contributed by atoms with van der Waals surface area (Å²) >= 11 is 0. The molecule has 1 aliphatic heterocycles. The van der Waals surface area contributed by atoms with Gasteiger partial charge in [0.1, 0.15) is 5.69 Å².